The lowest BCUT2D eigenvalue weighted by atomic mass is 9.75. The van der Waals surface area contributed by atoms with E-state index in [9.17, 15) is 14.4 Å². The lowest BCUT2D eigenvalue weighted by molar-refractivity contribution is 0.283. The standard InChI is InChI=1S/C36H43O4P/c1-34(2,3)27-19-15-25(16-20-27)31-29(36(7,8)9)23-30(40-41(37,38)39)32(24-13-11-10-12-14-24)33(31)26-17-21-28(22-18-26)35(4,5)6/h10-23H,1-9H3,(H2,37,38,39). The zero-order valence-corrected chi connectivity index (χ0v) is 26.6. The van der Waals surface area contributed by atoms with Crippen molar-refractivity contribution in [2.75, 3.05) is 0 Å². The van der Waals surface area contributed by atoms with Crippen molar-refractivity contribution < 1.29 is 18.9 Å². The van der Waals surface area contributed by atoms with Crippen LogP contribution in [0.1, 0.15) is 79.0 Å². The van der Waals surface area contributed by atoms with Gasteiger partial charge in [-0.25, -0.2) is 4.57 Å². The molecule has 0 amide bonds. The van der Waals surface area contributed by atoms with E-state index in [0.717, 1.165) is 33.4 Å². The highest BCUT2D eigenvalue weighted by Gasteiger charge is 2.31. The third-order valence-corrected chi connectivity index (χ3v) is 7.89. The number of phosphoric acid groups is 1. The lowest BCUT2D eigenvalue weighted by Gasteiger charge is -2.30. The molecule has 0 aliphatic heterocycles. The van der Waals surface area contributed by atoms with Gasteiger partial charge < -0.3 is 4.52 Å². The summed E-state index contributed by atoms with van der Waals surface area (Å²) < 4.78 is 17.8. The second-order valence-electron chi connectivity index (χ2n) is 13.9. The molecule has 0 unspecified atom stereocenters. The van der Waals surface area contributed by atoms with Crippen LogP contribution in [0.5, 0.6) is 5.75 Å². The zero-order valence-electron chi connectivity index (χ0n) is 25.7. The van der Waals surface area contributed by atoms with Gasteiger partial charge in [-0.1, -0.05) is 141 Å². The van der Waals surface area contributed by atoms with Crippen molar-refractivity contribution in [1.29, 1.82) is 0 Å². The maximum absolute atomic E-state index is 12.3. The minimum absolute atomic E-state index is 0.00725. The van der Waals surface area contributed by atoms with E-state index in [1.54, 1.807) is 0 Å². The minimum Gasteiger partial charge on any atom is -0.404 e. The van der Waals surface area contributed by atoms with E-state index in [0.29, 0.717) is 5.56 Å². The highest BCUT2D eigenvalue weighted by Crippen LogP contribution is 2.53. The van der Waals surface area contributed by atoms with Crippen molar-refractivity contribution in [2.45, 2.75) is 78.6 Å². The molecule has 0 heterocycles. The summed E-state index contributed by atoms with van der Waals surface area (Å²) in [6, 6.07) is 28.7. The van der Waals surface area contributed by atoms with Gasteiger partial charge in [-0.3, -0.25) is 9.79 Å². The Hall–Kier alpha value is -3.17. The van der Waals surface area contributed by atoms with Gasteiger partial charge in [-0.15, -0.1) is 0 Å². The summed E-state index contributed by atoms with van der Waals surface area (Å²) in [4.78, 5) is 20.0. The summed E-state index contributed by atoms with van der Waals surface area (Å²) in [5.74, 6) is 0.166. The summed E-state index contributed by atoms with van der Waals surface area (Å²) in [5, 5.41) is 0. The number of hydrogen-bond donors (Lipinski definition) is 2. The normalized spacial score (nSPS) is 12.9. The first-order chi connectivity index (χ1) is 18.9. The first kappa shape index (κ1) is 30.8. The van der Waals surface area contributed by atoms with E-state index in [1.807, 2.05) is 36.4 Å². The highest BCUT2D eigenvalue weighted by molar-refractivity contribution is 7.46. The lowest BCUT2D eigenvalue weighted by Crippen LogP contribution is -2.15. The van der Waals surface area contributed by atoms with Gasteiger partial charge in [0.2, 0.25) is 0 Å². The highest BCUT2D eigenvalue weighted by atomic mass is 31.2. The molecule has 0 atom stereocenters. The Bertz CT molecular complexity index is 1560. The van der Waals surface area contributed by atoms with Crippen LogP contribution in [0.3, 0.4) is 0 Å². The number of benzene rings is 4. The Labute approximate surface area is 245 Å². The molecule has 0 aliphatic rings. The van der Waals surface area contributed by atoms with Crippen molar-refractivity contribution in [3.8, 4) is 39.1 Å². The van der Waals surface area contributed by atoms with Gasteiger partial charge in [-0.2, -0.15) is 0 Å². The maximum Gasteiger partial charge on any atom is 0.524 e. The van der Waals surface area contributed by atoms with Crippen molar-refractivity contribution in [3.05, 3.63) is 102 Å². The van der Waals surface area contributed by atoms with Gasteiger partial charge in [0.25, 0.3) is 0 Å². The minimum atomic E-state index is -4.86. The molecule has 4 aromatic carbocycles. The quantitative estimate of drug-likeness (QED) is 0.234. The van der Waals surface area contributed by atoms with Crippen LogP contribution in [-0.2, 0) is 20.8 Å². The van der Waals surface area contributed by atoms with Crippen LogP contribution in [0, 0.1) is 0 Å². The third kappa shape index (κ3) is 7.01. The van der Waals surface area contributed by atoms with Crippen molar-refractivity contribution in [1.82, 2.24) is 0 Å². The first-order valence-corrected chi connectivity index (χ1v) is 15.6. The van der Waals surface area contributed by atoms with Crippen molar-refractivity contribution >= 4 is 7.82 Å². The molecule has 0 saturated carbocycles. The van der Waals surface area contributed by atoms with E-state index >= 15 is 0 Å². The zero-order chi connectivity index (χ0) is 30.4. The molecular weight excluding hydrogens is 527 g/mol. The molecule has 5 heteroatoms. The molecule has 0 spiro atoms. The molecule has 0 aromatic heterocycles. The molecule has 0 aliphatic carbocycles. The molecule has 0 radical (unpaired) electrons. The number of phosphoric ester groups is 1. The van der Waals surface area contributed by atoms with Gasteiger partial charge in [0.1, 0.15) is 5.75 Å². The molecule has 4 rings (SSSR count). The van der Waals surface area contributed by atoms with Gasteiger partial charge >= 0.3 is 7.82 Å². The SMILES string of the molecule is CC(C)(C)c1ccc(-c2c(C(C)(C)C)cc(OP(=O)(O)O)c(-c3ccccc3)c2-c2ccc(C(C)(C)C)cc2)cc1. The summed E-state index contributed by atoms with van der Waals surface area (Å²) in [6.45, 7) is 19.5. The summed E-state index contributed by atoms with van der Waals surface area (Å²) in [6.07, 6.45) is 0. The van der Waals surface area contributed by atoms with Crippen molar-refractivity contribution in [2.24, 2.45) is 0 Å². The largest absolute Gasteiger partial charge is 0.524 e. The Morgan fingerprint density at radius 2 is 0.951 bits per heavy atom. The Balaban J connectivity index is 2.20. The molecule has 4 aromatic rings. The average Bonchev–Trinajstić information content (AvgIpc) is 2.86. The molecule has 0 saturated heterocycles. The van der Waals surface area contributed by atoms with Crippen molar-refractivity contribution in [3.63, 3.8) is 0 Å². The van der Waals surface area contributed by atoms with Gasteiger partial charge in [0.15, 0.2) is 0 Å². The topological polar surface area (TPSA) is 66.8 Å². The van der Waals surface area contributed by atoms with E-state index < -0.39 is 7.82 Å². The Kier molecular flexibility index (Phi) is 8.19. The maximum atomic E-state index is 12.3. The molecule has 216 valence electrons. The molecule has 0 fully saturated rings. The first-order valence-electron chi connectivity index (χ1n) is 14.1. The predicted octanol–water partition coefficient (Wildman–Crippen LogP) is 10.1. The van der Waals surface area contributed by atoms with E-state index in [4.69, 9.17) is 4.52 Å². The third-order valence-electron chi connectivity index (χ3n) is 7.46. The number of hydrogen-bond acceptors (Lipinski definition) is 2. The number of rotatable bonds is 5. The van der Waals surface area contributed by atoms with Gasteiger partial charge in [-0.05, 0) is 61.3 Å². The smallest absolute Gasteiger partial charge is 0.404 e. The molecular formula is C36H43O4P. The van der Waals surface area contributed by atoms with Gasteiger partial charge in [0, 0.05) is 11.1 Å². The summed E-state index contributed by atoms with van der Waals surface area (Å²) >= 11 is 0. The fraction of sp³-hybridized carbons (Fsp3) is 0.333. The molecule has 41 heavy (non-hydrogen) atoms. The summed E-state index contributed by atoms with van der Waals surface area (Å²) in [5.41, 5.74) is 8.39. The molecule has 4 nitrogen and oxygen atoms in total. The molecule has 2 N–H and O–H groups in total. The molecule has 0 bridgehead atoms. The second-order valence-corrected chi connectivity index (χ2v) is 15.1. The fourth-order valence-electron chi connectivity index (χ4n) is 5.20. The monoisotopic (exact) mass is 570 g/mol. The van der Waals surface area contributed by atoms with Gasteiger partial charge in [0.05, 0.1) is 0 Å². The second kappa shape index (κ2) is 10.9. The summed E-state index contributed by atoms with van der Waals surface area (Å²) in [7, 11) is -4.86. The van der Waals surface area contributed by atoms with Crippen LogP contribution < -0.4 is 4.52 Å². The van der Waals surface area contributed by atoms with Crippen LogP contribution in [0.15, 0.2) is 84.9 Å². The van der Waals surface area contributed by atoms with E-state index in [2.05, 4.69) is 111 Å². The Morgan fingerprint density at radius 3 is 1.34 bits per heavy atom. The van der Waals surface area contributed by atoms with Crippen LogP contribution in [0.25, 0.3) is 33.4 Å². The van der Waals surface area contributed by atoms with E-state index in [1.165, 1.54) is 11.1 Å². The average molecular weight is 571 g/mol. The van der Waals surface area contributed by atoms with Crippen LogP contribution in [-0.4, -0.2) is 9.79 Å². The predicted molar refractivity (Wildman–Crippen MR) is 172 cm³/mol. The van der Waals surface area contributed by atoms with Crippen LogP contribution >= 0.6 is 7.82 Å². The van der Waals surface area contributed by atoms with Crippen LogP contribution in [0.2, 0.25) is 0 Å². The van der Waals surface area contributed by atoms with E-state index in [-0.39, 0.29) is 22.0 Å². The Morgan fingerprint density at radius 1 is 0.537 bits per heavy atom. The fourth-order valence-corrected chi connectivity index (χ4v) is 5.60. The van der Waals surface area contributed by atoms with Crippen LogP contribution in [0.4, 0.5) is 0 Å².